The lowest BCUT2D eigenvalue weighted by Crippen LogP contribution is -2.16. The fraction of sp³-hybridized carbons (Fsp3) is 0.250. The van der Waals surface area contributed by atoms with Crippen LogP contribution in [0.2, 0.25) is 0 Å². The molecule has 8 rings (SSSR count). The fourth-order valence-corrected chi connectivity index (χ4v) is 8.83. The van der Waals surface area contributed by atoms with Crippen LogP contribution in [-0.4, -0.2) is 14.2 Å². The molecule has 0 atom stereocenters. The second-order valence-corrected chi connectivity index (χ2v) is 15.6. The second kappa shape index (κ2) is 11.2. The van der Waals surface area contributed by atoms with Crippen molar-refractivity contribution in [3.63, 3.8) is 0 Å². The first kappa shape index (κ1) is 32.1. The van der Waals surface area contributed by atoms with E-state index < -0.39 is 0 Å². The minimum absolute atomic E-state index is 0.127. The van der Waals surface area contributed by atoms with Crippen LogP contribution in [0.4, 0.5) is 0 Å². The molecule has 2 aliphatic rings. The zero-order chi connectivity index (χ0) is 35.3. The summed E-state index contributed by atoms with van der Waals surface area (Å²) in [5.74, 6) is 1.76. The molecule has 0 saturated heterocycles. The molecule has 250 valence electrons. The van der Waals surface area contributed by atoms with Crippen LogP contribution in [0, 0.1) is 27.7 Å². The normalized spacial score (nSPS) is 14.5. The Morgan fingerprint density at radius 1 is 0.340 bits per heavy atom. The molecule has 0 amide bonds. The third-order valence-corrected chi connectivity index (χ3v) is 11.8. The summed E-state index contributed by atoms with van der Waals surface area (Å²) >= 11 is 0. The summed E-state index contributed by atoms with van der Waals surface area (Å²) in [4.78, 5) is 0. The molecule has 0 bridgehead atoms. The molecule has 2 aliphatic carbocycles. The van der Waals surface area contributed by atoms with E-state index in [0.717, 1.165) is 11.5 Å². The minimum Gasteiger partial charge on any atom is -0.497 e. The maximum Gasteiger partial charge on any atom is 0.118 e. The smallest absolute Gasteiger partial charge is 0.118 e. The van der Waals surface area contributed by atoms with Crippen molar-refractivity contribution in [2.75, 3.05) is 14.2 Å². The lowest BCUT2D eigenvalue weighted by atomic mass is 9.78. The van der Waals surface area contributed by atoms with Crippen LogP contribution in [0.15, 0.2) is 97.1 Å². The lowest BCUT2D eigenvalue weighted by Gasteiger charge is -2.25. The third-order valence-electron chi connectivity index (χ3n) is 11.8. The first-order valence-electron chi connectivity index (χ1n) is 17.7. The van der Waals surface area contributed by atoms with Crippen molar-refractivity contribution in [1.82, 2.24) is 0 Å². The third kappa shape index (κ3) is 4.68. The highest BCUT2D eigenvalue weighted by atomic mass is 16.5. The number of hydrogen-bond acceptors (Lipinski definition) is 2. The van der Waals surface area contributed by atoms with E-state index in [0.29, 0.717) is 0 Å². The summed E-state index contributed by atoms with van der Waals surface area (Å²) in [6.07, 6.45) is 0. The highest BCUT2D eigenvalue weighted by molar-refractivity contribution is 5.91. The van der Waals surface area contributed by atoms with Crippen LogP contribution in [0.25, 0.3) is 55.6 Å². The van der Waals surface area contributed by atoms with Gasteiger partial charge in [0, 0.05) is 10.8 Å². The molecule has 6 aromatic carbocycles. The van der Waals surface area contributed by atoms with Gasteiger partial charge in [0.25, 0.3) is 0 Å². The Balaban J connectivity index is 1.21. The number of aryl methyl sites for hydroxylation is 4. The molecule has 0 spiro atoms. The zero-order valence-corrected chi connectivity index (χ0v) is 31.1. The average Bonchev–Trinajstić information content (AvgIpc) is 3.43. The molecule has 2 nitrogen and oxygen atoms in total. The van der Waals surface area contributed by atoms with Crippen LogP contribution in [-0.2, 0) is 10.8 Å². The highest BCUT2D eigenvalue weighted by Gasteiger charge is 2.39. The van der Waals surface area contributed by atoms with E-state index in [2.05, 4.69) is 152 Å². The van der Waals surface area contributed by atoms with Crippen LogP contribution < -0.4 is 9.47 Å². The standard InChI is InChI=1S/C48H46O2/c1-27-19-39-41-21-29(3)37(25-45(41)47(5,6)43(39)23-35(27)31-11-15-33(49-9)16-12-31)38-26-46-42(22-30(38)4)40-20-28(2)36(24-44(40)48(46,7)8)32-13-17-34(50-10)18-14-32/h11-26H,1-10H3. The van der Waals surface area contributed by atoms with Gasteiger partial charge >= 0.3 is 0 Å². The van der Waals surface area contributed by atoms with Crippen LogP contribution in [0.3, 0.4) is 0 Å². The number of ether oxygens (including phenoxy) is 2. The van der Waals surface area contributed by atoms with Gasteiger partial charge in [0.05, 0.1) is 14.2 Å². The van der Waals surface area contributed by atoms with Gasteiger partial charge in [0.1, 0.15) is 11.5 Å². The monoisotopic (exact) mass is 654 g/mol. The van der Waals surface area contributed by atoms with E-state index in [1.165, 1.54) is 100 Å². The molecular formula is C48H46O2. The van der Waals surface area contributed by atoms with Crippen LogP contribution in [0.1, 0.15) is 72.2 Å². The molecule has 0 fully saturated rings. The summed E-state index contributed by atoms with van der Waals surface area (Å²) < 4.78 is 10.9. The van der Waals surface area contributed by atoms with Gasteiger partial charge in [-0.15, -0.1) is 0 Å². The topological polar surface area (TPSA) is 18.5 Å². The first-order chi connectivity index (χ1) is 23.8. The van der Waals surface area contributed by atoms with Gasteiger partial charge in [0.15, 0.2) is 0 Å². The van der Waals surface area contributed by atoms with Gasteiger partial charge in [-0.05, 0) is 176 Å². The van der Waals surface area contributed by atoms with Crippen LogP contribution in [0.5, 0.6) is 11.5 Å². The molecule has 0 radical (unpaired) electrons. The maximum absolute atomic E-state index is 5.43. The van der Waals surface area contributed by atoms with Gasteiger partial charge in [0.2, 0.25) is 0 Å². The molecule has 0 N–H and O–H groups in total. The Hall–Kier alpha value is -5.08. The molecule has 0 aromatic heterocycles. The molecule has 2 heteroatoms. The van der Waals surface area contributed by atoms with E-state index in [1.807, 2.05) is 0 Å². The largest absolute Gasteiger partial charge is 0.497 e. The molecule has 6 aromatic rings. The molecule has 0 unspecified atom stereocenters. The highest BCUT2D eigenvalue weighted by Crippen LogP contribution is 2.55. The fourth-order valence-electron chi connectivity index (χ4n) is 8.83. The number of benzene rings is 6. The van der Waals surface area contributed by atoms with Gasteiger partial charge < -0.3 is 9.47 Å². The molecule has 0 heterocycles. The van der Waals surface area contributed by atoms with Crippen molar-refractivity contribution in [3.05, 3.63) is 142 Å². The Kier molecular flexibility index (Phi) is 7.21. The number of fused-ring (bicyclic) bond motifs is 6. The predicted molar refractivity (Wildman–Crippen MR) is 210 cm³/mol. The van der Waals surface area contributed by atoms with Crippen molar-refractivity contribution in [2.45, 2.75) is 66.2 Å². The molecule has 0 aliphatic heterocycles. The quantitative estimate of drug-likeness (QED) is 0.184. The average molecular weight is 655 g/mol. The SMILES string of the molecule is COc1ccc(-c2cc3c(cc2C)-c2cc(C)c(-c4cc5c(cc4C)-c4cc(C)c(-c6ccc(OC)cc6)cc4C5(C)C)cc2C3(C)C)cc1. The maximum atomic E-state index is 5.43. The van der Waals surface area contributed by atoms with Crippen molar-refractivity contribution in [2.24, 2.45) is 0 Å². The van der Waals surface area contributed by atoms with E-state index in [1.54, 1.807) is 14.2 Å². The minimum atomic E-state index is -0.127. The van der Waals surface area contributed by atoms with Gasteiger partial charge in [-0.3, -0.25) is 0 Å². The summed E-state index contributed by atoms with van der Waals surface area (Å²) in [5, 5.41) is 0. The van der Waals surface area contributed by atoms with E-state index >= 15 is 0 Å². The predicted octanol–water partition coefficient (Wildman–Crippen LogP) is 12.6. The zero-order valence-electron chi connectivity index (χ0n) is 31.1. The number of hydrogen-bond donors (Lipinski definition) is 0. The summed E-state index contributed by atoms with van der Waals surface area (Å²) in [7, 11) is 3.44. The Bertz CT molecular complexity index is 2180. The Morgan fingerprint density at radius 2 is 0.600 bits per heavy atom. The number of methoxy groups -OCH3 is 2. The van der Waals surface area contributed by atoms with Gasteiger partial charge in [-0.25, -0.2) is 0 Å². The second-order valence-electron chi connectivity index (χ2n) is 15.6. The lowest BCUT2D eigenvalue weighted by molar-refractivity contribution is 0.415. The van der Waals surface area contributed by atoms with E-state index in [4.69, 9.17) is 9.47 Å². The van der Waals surface area contributed by atoms with Gasteiger partial charge in [-0.2, -0.15) is 0 Å². The van der Waals surface area contributed by atoms with Gasteiger partial charge in [-0.1, -0.05) is 76.2 Å². The Labute approximate surface area is 297 Å². The number of rotatable bonds is 5. The van der Waals surface area contributed by atoms with Crippen molar-refractivity contribution < 1.29 is 9.47 Å². The van der Waals surface area contributed by atoms with Crippen molar-refractivity contribution in [3.8, 4) is 67.1 Å². The molecule has 50 heavy (non-hydrogen) atoms. The van der Waals surface area contributed by atoms with Crippen molar-refractivity contribution in [1.29, 1.82) is 0 Å². The van der Waals surface area contributed by atoms with Crippen molar-refractivity contribution >= 4 is 0 Å². The summed E-state index contributed by atoms with van der Waals surface area (Å²) in [6.45, 7) is 18.6. The summed E-state index contributed by atoms with van der Waals surface area (Å²) in [5.41, 5.74) is 23.7. The Morgan fingerprint density at radius 3 is 0.880 bits per heavy atom. The van der Waals surface area contributed by atoms with Crippen LogP contribution >= 0.6 is 0 Å². The molecular weight excluding hydrogens is 609 g/mol. The first-order valence-corrected chi connectivity index (χ1v) is 17.7. The van der Waals surface area contributed by atoms with E-state index in [9.17, 15) is 0 Å². The summed E-state index contributed by atoms with van der Waals surface area (Å²) in [6, 6.07) is 36.5. The molecule has 0 saturated carbocycles. The van der Waals surface area contributed by atoms with E-state index in [-0.39, 0.29) is 10.8 Å².